The van der Waals surface area contributed by atoms with Crippen molar-refractivity contribution in [3.8, 4) is 0 Å². The van der Waals surface area contributed by atoms with Gasteiger partial charge in [-0.2, -0.15) is 0 Å². The van der Waals surface area contributed by atoms with Gasteiger partial charge in [-0.25, -0.2) is 9.37 Å². The van der Waals surface area contributed by atoms with Gasteiger partial charge < -0.3 is 4.90 Å². The molecule has 0 aliphatic carbocycles. The quantitative estimate of drug-likeness (QED) is 0.552. The van der Waals surface area contributed by atoms with Crippen molar-refractivity contribution < 1.29 is 9.18 Å². The zero-order chi connectivity index (χ0) is 17.8. The summed E-state index contributed by atoms with van der Waals surface area (Å²) >= 11 is 2.77. The van der Waals surface area contributed by atoms with Crippen molar-refractivity contribution in [1.82, 2.24) is 9.88 Å². The zero-order valence-electron chi connectivity index (χ0n) is 14.6. The van der Waals surface area contributed by atoms with Gasteiger partial charge in [0.05, 0.1) is 15.1 Å². The van der Waals surface area contributed by atoms with Crippen LogP contribution in [-0.2, 0) is 0 Å². The summed E-state index contributed by atoms with van der Waals surface area (Å²) in [5.74, 6) is -0.344. The van der Waals surface area contributed by atoms with Gasteiger partial charge in [0.2, 0.25) is 0 Å². The van der Waals surface area contributed by atoms with Crippen molar-refractivity contribution in [2.75, 3.05) is 31.1 Å². The van der Waals surface area contributed by atoms with Crippen LogP contribution in [0, 0.1) is 5.82 Å². The number of carbonyl (C=O) groups excluding carboxylic acids is 1. The van der Waals surface area contributed by atoms with Crippen LogP contribution >= 0.6 is 35.1 Å². The summed E-state index contributed by atoms with van der Waals surface area (Å²) < 4.78 is 14.2. The summed E-state index contributed by atoms with van der Waals surface area (Å²) in [7, 11) is 0. The van der Waals surface area contributed by atoms with Crippen LogP contribution in [0.5, 0.6) is 0 Å². The van der Waals surface area contributed by atoms with E-state index in [1.165, 1.54) is 34.8 Å². The molecule has 3 aromatic rings. The molecule has 0 unspecified atom stereocenters. The Balaban J connectivity index is 0.00000243. The Kier molecular flexibility index (Phi) is 7.52. The minimum Gasteiger partial charge on any atom is -0.302 e. The molecular formula is C18H21ClFN3OS2. The summed E-state index contributed by atoms with van der Waals surface area (Å²) in [5, 5.41) is 2.51. The lowest BCUT2D eigenvalue weighted by Gasteiger charge is -2.24. The number of thiazole rings is 1. The fraction of sp³-hybridized carbons (Fsp3) is 0.333. The number of hydrogen-bond donors (Lipinski definition) is 0. The average Bonchev–Trinajstić information content (AvgIpc) is 3.27. The highest BCUT2D eigenvalue weighted by atomic mass is 35.5. The molecule has 8 heteroatoms. The number of halogens is 2. The van der Waals surface area contributed by atoms with Gasteiger partial charge in [-0.3, -0.25) is 9.69 Å². The molecule has 4 nitrogen and oxygen atoms in total. The molecule has 0 saturated heterocycles. The van der Waals surface area contributed by atoms with E-state index in [2.05, 4.69) is 23.7 Å². The monoisotopic (exact) mass is 413 g/mol. The first-order chi connectivity index (χ1) is 12.1. The largest absolute Gasteiger partial charge is 0.302 e. The van der Waals surface area contributed by atoms with Gasteiger partial charge in [0.25, 0.3) is 5.91 Å². The second-order valence-corrected chi connectivity index (χ2v) is 7.53. The Morgan fingerprint density at radius 1 is 1.19 bits per heavy atom. The molecule has 1 aromatic carbocycles. The van der Waals surface area contributed by atoms with Gasteiger partial charge in [-0.15, -0.1) is 23.7 Å². The van der Waals surface area contributed by atoms with Crippen LogP contribution in [0.15, 0.2) is 35.7 Å². The van der Waals surface area contributed by atoms with Crippen molar-refractivity contribution in [3.05, 3.63) is 46.4 Å². The lowest BCUT2D eigenvalue weighted by Crippen LogP contribution is -2.38. The number of carbonyl (C=O) groups is 1. The van der Waals surface area contributed by atoms with Crippen LogP contribution in [0.4, 0.5) is 9.52 Å². The van der Waals surface area contributed by atoms with Gasteiger partial charge >= 0.3 is 0 Å². The van der Waals surface area contributed by atoms with Crippen LogP contribution in [0.25, 0.3) is 10.2 Å². The van der Waals surface area contributed by atoms with E-state index >= 15 is 0 Å². The Morgan fingerprint density at radius 3 is 2.62 bits per heavy atom. The van der Waals surface area contributed by atoms with Crippen molar-refractivity contribution in [3.63, 3.8) is 0 Å². The van der Waals surface area contributed by atoms with Crippen molar-refractivity contribution >= 4 is 56.3 Å². The van der Waals surface area contributed by atoms with Gasteiger partial charge in [-0.1, -0.05) is 31.3 Å². The number of hydrogen-bond acceptors (Lipinski definition) is 5. The van der Waals surface area contributed by atoms with Crippen LogP contribution < -0.4 is 4.90 Å². The second kappa shape index (κ2) is 9.41. The van der Waals surface area contributed by atoms with E-state index in [9.17, 15) is 9.18 Å². The number of anilines is 1. The molecule has 26 heavy (non-hydrogen) atoms. The zero-order valence-corrected chi connectivity index (χ0v) is 17.1. The fourth-order valence-electron chi connectivity index (χ4n) is 2.60. The first-order valence-corrected chi connectivity index (χ1v) is 9.95. The molecule has 0 fully saturated rings. The maximum atomic E-state index is 13.5. The third-order valence-corrected chi connectivity index (χ3v) is 5.98. The van der Waals surface area contributed by atoms with Gasteiger partial charge in [-0.05, 0) is 42.7 Å². The highest BCUT2D eigenvalue weighted by molar-refractivity contribution is 7.22. The van der Waals surface area contributed by atoms with E-state index in [0.717, 1.165) is 24.3 Å². The number of benzene rings is 1. The van der Waals surface area contributed by atoms with E-state index < -0.39 is 0 Å². The molecule has 0 saturated carbocycles. The molecule has 0 N–H and O–H groups in total. The minimum absolute atomic E-state index is 0. The number of amides is 1. The standard InChI is InChI=1S/C18H20FN3OS2.ClH/c1-3-21(4-2)9-10-22(17(23)15-6-5-11-24-15)18-20-14-8-7-13(19)12-16(14)25-18;/h5-8,11-12H,3-4,9-10H2,1-2H3;1H. The average molecular weight is 414 g/mol. The van der Waals surface area contributed by atoms with Crippen molar-refractivity contribution in [2.24, 2.45) is 0 Å². The number of thiophene rings is 1. The maximum Gasteiger partial charge on any atom is 0.270 e. The van der Waals surface area contributed by atoms with Crippen LogP contribution in [-0.4, -0.2) is 42.0 Å². The Bertz CT molecular complexity index is 849. The van der Waals surface area contributed by atoms with Gasteiger partial charge in [0.15, 0.2) is 5.13 Å². The summed E-state index contributed by atoms with van der Waals surface area (Å²) in [6.45, 7) is 7.41. The fourth-order valence-corrected chi connectivity index (χ4v) is 4.29. The molecule has 3 rings (SSSR count). The molecular weight excluding hydrogens is 393 g/mol. The third-order valence-electron chi connectivity index (χ3n) is 4.08. The maximum absolute atomic E-state index is 13.5. The Hall–Kier alpha value is -1.54. The van der Waals surface area contributed by atoms with E-state index in [1.807, 2.05) is 17.5 Å². The number of rotatable bonds is 7. The number of nitrogens with zero attached hydrogens (tertiary/aromatic N) is 3. The first kappa shape index (κ1) is 20.8. The summed E-state index contributed by atoms with van der Waals surface area (Å²) in [4.78, 5) is 22.2. The molecule has 0 atom stereocenters. The Labute approximate surface area is 166 Å². The molecule has 2 heterocycles. The van der Waals surface area contributed by atoms with Crippen molar-refractivity contribution in [2.45, 2.75) is 13.8 Å². The van der Waals surface area contributed by atoms with Crippen LogP contribution in [0.3, 0.4) is 0 Å². The SMILES string of the molecule is CCN(CC)CCN(C(=O)c1cccs1)c1nc2ccc(F)cc2s1.Cl. The molecule has 140 valence electrons. The number of fused-ring (bicyclic) bond motifs is 1. The summed E-state index contributed by atoms with van der Waals surface area (Å²) in [6.07, 6.45) is 0. The predicted octanol–water partition coefficient (Wildman–Crippen LogP) is 4.91. The summed E-state index contributed by atoms with van der Waals surface area (Å²) in [5.41, 5.74) is 0.716. The molecule has 0 spiro atoms. The lowest BCUT2D eigenvalue weighted by molar-refractivity contribution is 0.0987. The van der Waals surface area contributed by atoms with E-state index in [0.29, 0.717) is 22.1 Å². The van der Waals surface area contributed by atoms with Gasteiger partial charge in [0.1, 0.15) is 5.82 Å². The van der Waals surface area contributed by atoms with E-state index in [1.54, 1.807) is 11.0 Å². The number of likely N-dealkylation sites (N-methyl/N-ethyl adjacent to an activating group) is 1. The van der Waals surface area contributed by atoms with Crippen LogP contribution in [0.2, 0.25) is 0 Å². The predicted molar refractivity (Wildman–Crippen MR) is 111 cm³/mol. The third kappa shape index (κ3) is 4.59. The molecule has 0 bridgehead atoms. The molecule has 2 aromatic heterocycles. The first-order valence-electron chi connectivity index (χ1n) is 8.26. The van der Waals surface area contributed by atoms with E-state index in [-0.39, 0.29) is 24.1 Å². The second-order valence-electron chi connectivity index (χ2n) is 5.57. The molecule has 0 aliphatic rings. The highest BCUT2D eigenvalue weighted by Gasteiger charge is 2.22. The van der Waals surface area contributed by atoms with E-state index in [4.69, 9.17) is 0 Å². The summed E-state index contributed by atoms with van der Waals surface area (Å²) in [6, 6.07) is 8.21. The highest BCUT2D eigenvalue weighted by Crippen LogP contribution is 2.30. The molecule has 0 radical (unpaired) electrons. The van der Waals surface area contributed by atoms with Crippen molar-refractivity contribution in [1.29, 1.82) is 0 Å². The van der Waals surface area contributed by atoms with Gasteiger partial charge in [0, 0.05) is 13.1 Å². The number of aromatic nitrogens is 1. The normalized spacial score (nSPS) is 10.9. The van der Waals surface area contributed by atoms with Crippen LogP contribution in [0.1, 0.15) is 23.5 Å². The molecule has 0 aliphatic heterocycles. The lowest BCUT2D eigenvalue weighted by atomic mass is 10.3. The minimum atomic E-state index is -0.290. The smallest absolute Gasteiger partial charge is 0.270 e. The molecule has 1 amide bonds. The topological polar surface area (TPSA) is 36.4 Å². The Morgan fingerprint density at radius 2 is 1.96 bits per heavy atom.